The van der Waals surface area contributed by atoms with E-state index in [4.69, 9.17) is 5.73 Å². The smallest absolute Gasteiger partial charge is 0.411 e. The van der Waals surface area contributed by atoms with Crippen molar-refractivity contribution in [2.75, 3.05) is 29.6 Å². The second kappa shape index (κ2) is 11.7. The second-order valence-corrected chi connectivity index (χ2v) is 9.62. The Hall–Kier alpha value is -3.80. The first kappa shape index (κ1) is 27.2. The van der Waals surface area contributed by atoms with Gasteiger partial charge in [0.2, 0.25) is 5.91 Å². The van der Waals surface area contributed by atoms with Crippen molar-refractivity contribution in [3.05, 3.63) is 36.3 Å². The van der Waals surface area contributed by atoms with Crippen LogP contribution in [0.1, 0.15) is 44.3 Å². The van der Waals surface area contributed by atoms with E-state index in [-0.39, 0.29) is 34.5 Å². The fraction of sp³-hybridized carbons (Fsp3) is 0.462. The van der Waals surface area contributed by atoms with Crippen LogP contribution in [-0.4, -0.2) is 47.5 Å². The van der Waals surface area contributed by atoms with Crippen molar-refractivity contribution in [2.45, 2.75) is 50.9 Å². The molecule has 2 aromatic rings. The molecule has 204 valence electrons. The summed E-state index contributed by atoms with van der Waals surface area (Å²) in [5, 5.41) is 7.68. The van der Waals surface area contributed by atoms with Gasteiger partial charge in [0.05, 0.1) is 30.4 Å². The molecule has 2 bridgehead atoms. The normalized spacial score (nSPS) is 21.1. The predicted molar refractivity (Wildman–Crippen MR) is 139 cm³/mol. The number of nitrogens with zero attached hydrogens (tertiary/aromatic N) is 1. The topological polar surface area (TPSA) is 151 Å². The van der Waals surface area contributed by atoms with Gasteiger partial charge in [-0.25, -0.2) is 9.78 Å². The number of hydrogen-bond acceptors (Lipinski definition) is 6. The summed E-state index contributed by atoms with van der Waals surface area (Å²) in [5.41, 5.74) is 6.76. The van der Waals surface area contributed by atoms with Crippen molar-refractivity contribution >= 4 is 35.0 Å². The number of fused-ring (bicyclic) bond motifs is 4. The number of rotatable bonds is 4. The molecule has 0 saturated heterocycles. The van der Waals surface area contributed by atoms with Gasteiger partial charge in [0.15, 0.2) is 0 Å². The van der Waals surface area contributed by atoms with E-state index in [1.165, 1.54) is 31.5 Å². The van der Waals surface area contributed by atoms with Crippen molar-refractivity contribution in [1.29, 1.82) is 0 Å². The SMILES string of the molecule is COC(=O)Nc1cc(NC(=O)C2CCC(CN)CC2)c2c(c1)NC(=O)C(F)(F)CC=CCCc1ncc-2[nH]1. The number of allylic oxidation sites excluding steroid dienone is 2. The first-order chi connectivity index (χ1) is 18.2. The van der Waals surface area contributed by atoms with Gasteiger partial charge in [-0.1, -0.05) is 12.2 Å². The Morgan fingerprint density at radius 3 is 2.66 bits per heavy atom. The number of aryl methyl sites for hydroxylation is 1. The van der Waals surface area contributed by atoms with E-state index in [9.17, 15) is 23.2 Å². The molecular weight excluding hydrogens is 498 g/mol. The van der Waals surface area contributed by atoms with Crippen molar-refractivity contribution in [2.24, 2.45) is 17.6 Å². The van der Waals surface area contributed by atoms with Gasteiger partial charge in [-0.2, -0.15) is 8.78 Å². The molecule has 2 aliphatic rings. The number of aromatic nitrogens is 2. The van der Waals surface area contributed by atoms with E-state index < -0.39 is 24.3 Å². The molecule has 38 heavy (non-hydrogen) atoms. The highest BCUT2D eigenvalue weighted by Gasteiger charge is 2.38. The molecule has 0 radical (unpaired) electrons. The second-order valence-electron chi connectivity index (χ2n) is 9.62. The number of H-pyrrole nitrogens is 1. The van der Waals surface area contributed by atoms with E-state index in [2.05, 4.69) is 30.7 Å². The van der Waals surface area contributed by atoms with E-state index in [1.54, 1.807) is 6.08 Å². The standard InChI is InChI=1S/C26H32F2N6O4/c1-38-25(37)31-17-11-18(33-23(35)16-8-6-15(13-29)7-9-16)22-19(12-17)34-24(36)26(27,28)10-4-2-3-5-21-30-14-20(22)32-21/h2,4,11-12,14-16H,3,5-10,13,29H2,1H3,(H,30,32)(H,31,37)(H,33,35)(H,34,36). The third-order valence-electron chi connectivity index (χ3n) is 6.95. The van der Waals surface area contributed by atoms with Crippen LogP contribution in [0.5, 0.6) is 0 Å². The van der Waals surface area contributed by atoms with Crippen molar-refractivity contribution < 1.29 is 27.9 Å². The number of hydrogen-bond donors (Lipinski definition) is 5. The van der Waals surface area contributed by atoms with Gasteiger partial charge in [0.1, 0.15) is 5.82 Å². The number of alkyl halides is 2. The summed E-state index contributed by atoms with van der Waals surface area (Å²) in [6.45, 7) is 0.575. The number of ether oxygens (including phenoxy) is 1. The quantitative estimate of drug-likeness (QED) is 0.369. The van der Waals surface area contributed by atoms with E-state index in [0.29, 0.717) is 49.7 Å². The highest BCUT2D eigenvalue weighted by Crippen LogP contribution is 2.40. The molecule has 1 fully saturated rings. The number of amides is 3. The van der Waals surface area contributed by atoms with Crippen LogP contribution in [0.25, 0.3) is 11.3 Å². The van der Waals surface area contributed by atoms with Crippen molar-refractivity contribution in [1.82, 2.24) is 9.97 Å². The predicted octanol–water partition coefficient (Wildman–Crippen LogP) is 4.42. The molecule has 1 aliphatic carbocycles. The highest BCUT2D eigenvalue weighted by atomic mass is 19.3. The fourth-order valence-corrected chi connectivity index (χ4v) is 4.76. The number of benzene rings is 1. The summed E-state index contributed by atoms with van der Waals surface area (Å²) in [5.74, 6) is -4.72. The Morgan fingerprint density at radius 2 is 1.95 bits per heavy atom. The molecule has 3 amide bonds. The molecule has 0 atom stereocenters. The van der Waals surface area contributed by atoms with Crippen LogP contribution in [0, 0.1) is 11.8 Å². The van der Waals surface area contributed by atoms with Crippen LogP contribution < -0.4 is 21.7 Å². The third kappa shape index (κ3) is 6.36. The summed E-state index contributed by atoms with van der Waals surface area (Å²) >= 11 is 0. The molecule has 12 heteroatoms. The molecule has 1 saturated carbocycles. The van der Waals surface area contributed by atoms with Gasteiger partial charge in [-0.15, -0.1) is 0 Å². The minimum Gasteiger partial charge on any atom is -0.453 e. The minimum absolute atomic E-state index is 0.0378. The summed E-state index contributed by atoms with van der Waals surface area (Å²) in [6.07, 6.45) is 6.70. The molecule has 4 rings (SSSR count). The van der Waals surface area contributed by atoms with Crippen LogP contribution in [-0.2, 0) is 20.7 Å². The number of methoxy groups -OCH3 is 1. The van der Waals surface area contributed by atoms with Crippen molar-refractivity contribution in [3.8, 4) is 11.3 Å². The number of imidazole rings is 1. The Kier molecular flexibility index (Phi) is 8.40. The van der Waals surface area contributed by atoms with Gasteiger partial charge >= 0.3 is 12.0 Å². The Labute approximate surface area is 218 Å². The molecule has 1 aromatic carbocycles. The largest absolute Gasteiger partial charge is 0.453 e. The lowest BCUT2D eigenvalue weighted by Crippen LogP contribution is -2.34. The highest BCUT2D eigenvalue weighted by molar-refractivity contribution is 6.06. The molecular formula is C26H32F2N6O4. The first-order valence-electron chi connectivity index (χ1n) is 12.6. The first-order valence-corrected chi connectivity index (χ1v) is 12.6. The van der Waals surface area contributed by atoms with Gasteiger partial charge < -0.3 is 26.1 Å². The average Bonchev–Trinajstić information content (AvgIpc) is 3.36. The Morgan fingerprint density at radius 1 is 1.18 bits per heavy atom. The summed E-state index contributed by atoms with van der Waals surface area (Å²) in [6, 6.07) is 2.82. The number of nitrogens with one attached hydrogen (secondary N) is 4. The zero-order valence-corrected chi connectivity index (χ0v) is 21.1. The molecule has 0 spiro atoms. The lowest BCUT2D eigenvalue weighted by Gasteiger charge is -2.27. The molecule has 1 aromatic heterocycles. The Balaban J connectivity index is 1.78. The number of carbonyl (C=O) groups is 3. The maximum absolute atomic E-state index is 14.7. The molecule has 1 aliphatic heterocycles. The van der Waals surface area contributed by atoms with Gasteiger partial charge in [0, 0.05) is 30.0 Å². The fourth-order valence-electron chi connectivity index (χ4n) is 4.76. The number of aromatic amines is 1. The van der Waals surface area contributed by atoms with E-state index in [1.807, 2.05) is 0 Å². The van der Waals surface area contributed by atoms with Crippen molar-refractivity contribution in [3.63, 3.8) is 0 Å². The summed E-state index contributed by atoms with van der Waals surface area (Å²) < 4.78 is 34.0. The van der Waals surface area contributed by atoms with Crippen LogP contribution in [0.2, 0.25) is 0 Å². The average molecular weight is 531 g/mol. The summed E-state index contributed by atoms with van der Waals surface area (Å²) in [4.78, 5) is 45.4. The van der Waals surface area contributed by atoms with E-state index in [0.717, 1.165) is 12.8 Å². The number of halogens is 2. The Bertz CT molecular complexity index is 1220. The van der Waals surface area contributed by atoms with Gasteiger partial charge in [-0.05, 0) is 56.7 Å². The molecule has 10 nitrogen and oxygen atoms in total. The lowest BCUT2D eigenvalue weighted by molar-refractivity contribution is -0.139. The zero-order valence-electron chi connectivity index (χ0n) is 21.1. The maximum atomic E-state index is 14.7. The monoisotopic (exact) mass is 530 g/mol. The molecule has 2 heterocycles. The number of nitrogens with two attached hydrogens (primary N) is 1. The zero-order chi connectivity index (χ0) is 27.3. The van der Waals surface area contributed by atoms with E-state index >= 15 is 0 Å². The number of anilines is 3. The molecule has 0 unspecified atom stereocenters. The third-order valence-corrected chi connectivity index (χ3v) is 6.95. The van der Waals surface area contributed by atoms with Crippen LogP contribution in [0.4, 0.5) is 30.6 Å². The minimum atomic E-state index is -3.68. The summed E-state index contributed by atoms with van der Waals surface area (Å²) in [7, 11) is 1.18. The van der Waals surface area contributed by atoms with Gasteiger partial charge in [0.25, 0.3) is 5.91 Å². The van der Waals surface area contributed by atoms with Gasteiger partial charge in [-0.3, -0.25) is 14.9 Å². The van der Waals surface area contributed by atoms with Crippen LogP contribution >= 0.6 is 0 Å². The molecule has 6 N–H and O–H groups in total. The number of carbonyl (C=O) groups excluding carboxylic acids is 3. The lowest BCUT2D eigenvalue weighted by atomic mass is 9.81. The van der Waals surface area contributed by atoms with Crippen LogP contribution in [0.3, 0.4) is 0 Å². The maximum Gasteiger partial charge on any atom is 0.411 e. The van der Waals surface area contributed by atoms with Crippen LogP contribution in [0.15, 0.2) is 30.5 Å².